The molecule has 0 radical (unpaired) electrons. The molecule has 0 fully saturated rings. The minimum absolute atomic E-state index is 0.157. The molecule has 0 atom stereocenters. The number of nitrogens with two attached hydrogens (primary N) is 1. The van der Waals surface area contributed by atoms with Crippen molar-refractivity contribution in [2.24, 2.45) is 0 Å². The van der Waals surface area contributed by atoms with Crippen LogP contribution in [-0.2, 0) is 21.3 Å². The van der Waals surface area contributed by atoms with E-state index in [1.165, 1.54) is 3.97 Å². The number of ether oxygens (including phenoxy) is 1. The lowest BCUT2D eigenvalue weighted by molar-refractivity contribution is 0.0270. The number of fused-ring (bicyclic) bond motifs is 1. The van der Waals surface area contributed by atoms with Crippen LogP contribution >= 0.6 is 0 Å². The van der Waals surface area contributed by atoms with Gasteiger partial charge in [-0.15, -0.1) is 0 Å². The summed E-state index contributed by atoms with van der Waals surface area (Å²) in [5, 5.41) is 5.52. The van der Waals surface area contributed by atoms with E-state index in [1.54, 1.807) is 41.4 Å². The molecular formula is C34H36N6O4S. The maximum absolute atomic E-state index is 14.3. The van der Waals surface area contributed by atoms with Crippen LogP contribution in [0.25, 0.3) is 39.0 Å². The molecule has 11 heteroatoms. The van der Waals surface area contributed by atoms with E-state index in [0.29, 0.717) is 48.5 Å². The fourth-order valence-corrected chi connectivity index (χ4v) is 7.02. The second-order valence-electron chi connectivity index (χ2n) is 12.0. The van der Waals surface area contributed by atoms with Crippen LogP contribution in [0.3, 0.4) is 0 Å². The average Bonchev–Trinajstić information content (AvgIpc) is 3.64. The number of aryl methyl sites for hydroxylation is 1. The highest BCUT2D eigenvalue weighted by atomic mass is 32.2. The molecule has 10 nitrogen and oxygen atoms in total. The van der Waals surface area contributed by atoms with Crippen LogP contribution in [0.4, 0.5) is 10.5 Å². The standard InChI is InChI=1S/C34H36N6O4S/c1-5-39-22-29(31(37-39)24-11-13-25(35)14-12-24)27-15-18-36-32-28(27)21-30(40(32)45(42,43)26-9-7-6-8-10-26)23-16-19-38(20-17-23)33(41)44-34(2,3)4/h6-16,18,21-22H,5,17,19-20,35H2,1-4H3. The quantitative estimate of drug-likeness (QED) is 0.216. The van der Waals surface area contributed by atoms with Crippen molar-refractivity contribution < 1.29 is 17.9 Å². The number of anilines is 1. The fourth-order valence-electron chi connectivity index (χ4n) is 5.50. The molecule has 45 heavy (non-hydrogen) atoms. The second kappa shape index (κ2) is 11.6. The molecule has 6 rings (SSSR count). The Bertz CT molecular complexity index is 2020. The summed E-state index contributed by atoms with van der Waals surface area (Å²) in [7, 11) is -4.05. The number of amides is 1. The van der Waals surface area contributed by atoms with Crippen molar-refractivity contribution in [1.82, 2.24) is 23.6 Å². The van der Waals surface area contributed by atoms with Gasteiger partial charge in [0, 0.05) is 54.2 Å². The van der Waals surface area contributed by atoms with Crippen LogP contribution in [0.15, 0.2) is 90.1 Å². The van der Waals surface area contributed by atoms with Gasteiger partial charge in [-0.05, 0) is 81.7 Å². The molecule has 0 saturated heterocycles. The molecule has 1 aliphatic rings. The monoisotopic (exact) mass is 624 g/mol. The van der Waals surface area contributed by atoms with E-state index >= 15 is 0 Å². The van der Waals surface area contributed by atoms with E-state index in [1.807, 2.05) is 81.0 Å². The summed E-state index contributed by atoms with van der Waals surface area (Å²) in [5.41, 5.74) is 10.9. The van der Waals surface area contributed by atoms with Gasteiger partial charge in [-0.3, -0.25) is 4.68 Å². The maximum Gasteiger partial charge on any atom is 0.410 e. The molecule has 232 valence electrons. The molecule has 4 heterocycles. The van der Waals surface area contributed by atoms with Gasteiger partial charge in [0.05, 0.1) is 10.6 Å². The normalized spacial score (nSPS) is 14.0. The predicted molar refractivity (Wildman–Crippen MR) is 176 cm³/mol. The summed E-state index contributed by atoms with van der Waals surface area (Å²) in [6.07, 6.45) is 5.55. The first-order valence-electron chi connectivity index (χ1n) is 14.9. The van der Waals surface area contributed by atoms with E-state index < -0.39 is 21.7 Å². The first-order valence-corrected chi connectivity index (χ1v) is 16.3. The Morgan fingerprint density at radius 1 is 1.02 bits per heavy atom. The van der Waals surface area contributed by atoms with E-state index in [-0.39, 0.29) is 4.90 Å². The highest BCUT2D eigenvalue weighted by molar-refractivity contribution is 7.90. The largest absolute Gasteiger partial charge is 0.444 e. The number of nitrogen functional groups attached to an aromatic ring is 1. The van der Waals surface area contributed by atoms with Crippen LogP contribution < -0.4 is 5.73 Å². The lowest BCUT2D eigenvalue weighted by Gasteiger charge is -2.29. The van der Waals surface area contributed by atoms with Gasteiger partial charge in [0.2, 0.25) is 0 Å². The lowest BCUT2D eigenvalue weighted by atomic mass is 9.99. The Labute approximate surface area is 262 Å². The third-order valence-electron chi connectivity index (χ3n) is 7.69. The Morgan fingerprint density at radius 2 is 1.76 bits per heavy atom. The molecular weight excluding hydrogens is 588 g/mol. The smallest absolute Gasteiger partial charge is 0.410 e. The topological polar surface area (TPSA) is 125 Å². The van der Waals surface area contributed by atoms with Gasteiger partial charge in [0.15, 0.2) is 5.65 Å². The number of pyridine rings is 1. The molecule has 0 saturated carbocycles. The summed E-state index contributed by atoms with van der Waals surface area (Å²) in [4.78, 5) is 19.2. The number of hydrogen-bond acceptors (Lipinski definition) is 7. The number of aromatic nitrogens is 4. The van der Waals surface area contributed by atoms with Crippen molar-refractivity contribution in [1.29, 1.82) is 0 Å². The van der Waals surface area contributed by atoms with Gasteiger partial charge in [-0.2, -0.15) is 5.10 Å². The van der Waals surface area contributed by atoms with Crippen molar-refractivity contribution in [3.05, 3.63) is 90.9 Å². The summed E-state index contributed by atoms with van der Waals surface area (Å²) >= 11 is 0. The van der Waals surface area contributed by atoms with Crippen molar-refractivity contribution in [3.63, 3.8) is 0 Å². The van der Waals surface area contributed by atoms with E-state index in [4.69, 9.17) is 15.6 Å². The zero-order valence-electron chi connectivity index (χ0n) is 25.8. The van der Waals surface area contributed by atoms with Gasteiger partial charge in [0.25, 0.3) is 10.0 Å². The molecule has 2 aromatic carbocycles. The lowest BCUT2D eigenvalue weighted by Crippen LogP contribution is -2.39. The van der Waals surface area contributed by atoms with Crippen molar-refractivity contribution in [2.45, 2.75) is 51.2 Å². The zero-order valence-corrected chi connectivity index (χ0v) is 26.6. The highest BCUT2D eigenvalue weighted by Gasteiger charge is 2.30. The molecule has 2 N–H and O–H groups in total. The molecule has 0 aliphatic carbocycles. The van der Waals surface area contributed by atoms with Crippen LogP contribution in [0.5, 0.6) is 0 Å². The molecule has 5 aromatic rings. The Kier molecular flexibility index (Phi) is 7.74. The molecule has 1 amide bonds. The van der Waals surface area contributed by atoms with Gasteiger partial charge >= 0.3 is 6.09 Å². The second-order valence-corrected chi connectivity index (χ2v) is 13.8. The zero-order chi connectivity index (χ0) is 31.9. The van der Waals surface area contributed by atoms with E-state index in [0.717, 1.165) is 28.0 Å². The van der Waals surface area contributed by atoms with Gasteiger partial charge in [-0.25, -0.2) is 22.2 Å². The summed E-state index contributed by atoms with van der Waals surface area (Å²) < 4.78 is 37.4. The van der Waals surface area contributed by atoms with E-state index in [2.05, 4.69) is 4.98 Å². The van der Waals surface area contributed by atoms with Crippen molar-refractivity contribution >= 4 is 38.4 Å². The Morgan fingerprint density at radius 3 is 2.40 bits per heavy atom. The Balaban J connectivity index is 1.53. The number of carbonyl (C=O) groups is 1. The first kappa shape index (κ1) is 30.1. The van der Waals surface area contributed by atoms with E-state index in [9.17, 15) is 13.2 Å². The molecule has 0 spiro atoms. The van der Waals surface area contributed by atoms with Crippen LogP contribution in [0.2, 0.25) is 0 Å². The summed E-state index contributed by atoms with van der Waals surface area (Å²) in [5.74, 6) is 0. The molecule has 1 aliphatic heterocycles. The first-order chi connectivity index (χ1) is 21.5. The maximum atomic E-state index is 14.3. The van der Waals surface area contributed by atoms with Crippen LogP contribution in [0.1, 0.15) is 39.8 Å². The van der Waals surface area contributed by atoms with Gasteiger partial charge < -0.3 is 15.4 Å². The van der Waals surface area contributed by atoms with Crippen LogP contribution in [-0.4, -0.2) is 56.8 Å². The number of benzene rings is 2. The fraction of sp³-hybridized carbons (Fsp3) is 0.265. The SMILES string of the molecule is CCn1cc(-c2ccnc3c2cc(C2=CCN(C(=O)OC(C)(C)C)CC2)n3S(=O)(=O)c2ccccc2)c(-c2ccc(N)cc2)n1. The third-order valence-corrected chi connectivity index (χ3v) is 9.41. The average molecular weight is 625 g/mol. The predicted octanol–water partition coefficient (Wildman–Crippen LogP) is 6.43. The number of rotatable bonds is 6. The summed E-state index contributed by atoms with van der Waals surface area (Å²) in [6.45, 7) is 8.85. The van der Waals surface area contributed by atoms with Gasteiger partial charge in [0.1, 0.15) is 11.3 Å². The summed E-state index contributed by atoms with van der Waals surface area (Å²) in [6, 6.07) is 19.7. The van der Waals surface area contributed by atoms with Gasteiger partial charge in [-0.1, -0.05) is 36.4 Å². The minimum Gasteiger partial charge on any atom is -0.444 e. The number of hydrogen-bond donors (Lipinski definition) is 1. The molecule has 0 bridgehead atoms. The molecule has 0 unspecified atom stereocenters. The third kappa shape index (κ3) is 5.83. The molecule has 3 aromatic heterocycles. The van der Waals surface area contributed by atoms with Crippen molar-refractivity contribution in [2.75, 3.05) is 18.8 Å². The number of carbonyl (C=O) groups excluding carboxylic acids is 1. The minimum atomic E-state index is -4.05. The number of nitrogens with zero attached hydrogens (tertiary/aromatic N) is 5. The van der Waals surface area contributed by atoms with Crippen LogP contribution in [0, 0.1) is 0 Å². The van der Waals surface area contributed by atoms with Crippen molar-refractivity contribution in [3.8, 4) is 22.4 Å². The highest BCUT2D eigenvalue weighted by Crippen LogP contribution is 2.39. The Hall–Kier alpha value is -4.90.